The Morgan fingerprint density at radius 2 is 2.14 bits per heavy atom. The summed E-state index contributed by atoms with van der Waals surface area (Å²) in [6, 6.07) is 7.54. The number of halogens is 1. The third-order valence-electron chi connectivity index (χ3n) is 3.11. The molecule has 5 nitrogen and oxygen atoms in total. The summed E-state index contributed by atoms with van der Waals surface area (Å²) in [6.07, 6.45) is 1.84. The van der Waals surface area contributed by atoms with Crippen molar-refractivity contribution in [2.75, 3.05) is 12.4 Å². The monoisotopic (exact) mass is 369 g/mol. The number of ether oxygens (including phenoxy) is 1. The molecule has 1 aliphatic rings. The number of rotatable bonds is 7. The molecule has 1 heterocycles. The standard InChI is InChI=1S/C14H16BrN3O2S/c15-10-3-5-12(6-4-10)20-7-11(19)8-21-14-16-13(17-18-14)9-1-2-9/h3-6,9,11,19H,1-2,7-8H2,(H,16,17,18). The van der Waals surface area contributed by atoms with Gasteiger partial charge in [0.2, 0.25) is 5.16 Å². The molecule has 112 valence electrons. The first-order valence-corrected chi connectivity index (χ1v) is 8.60. The number of benzene rings is 1. The van der Waals surface area contributed by atoms with E-state index in [9.17, 15) is 5.11 Å². The predicted molar refractivity (Wildman–Crippen MR) is 84.7 cm³/mol. The lowest BCUT2D eigenvalue weighted by Crippen LogP contribution is -2.20. The molecule has 21 heavy (non-hydrogen) atoms. The Kier molecular flexibility index (Phi) is 4.82. The molecule has 1 aliphatic carbocycles. The molecule has 0 spiro atoms. The number of nitrogens with one attached hydrogen (secondary N) is 1. The first-order chi connectivity index (χ1) is 10.2. The highest BCUT2D eigenvalue weighted by Gasteiger charge is 2.27. The second-order valence-electron chi connectivity index (χ2n) is 5.01. The number of hydrogen-bond acceptors (Lipinski definition) is 5. The van der Waals surface area contributed by atoms with E-state index in [0.717, 1.165) is 16.0 Å². The molecule has 0 radical (unpaired) electrons. The van der Waals surface area contributed by atoms with Crippen LogP contribution in [0.5, 0.6) is 5.75 Å². The second-order valence-corrected chi connectivity index (χ2v) is 6.91. The fraction of sp³-hybridized carbons (Fsp3) is 0.429. The smallest absolute Gasteiger partial charge is 0.208 e. The number of nitrogens with zero attached hydrogens (tertiary/aromatic N) is 2. The summed E-state index contributed by atoms with van der Waals surface area (Å²) in [5.74, 6) is 2.80. The van der Waals surface area contributed by atoms with E-state index in [0.29, 0.717) is 16.8 Å². The second kappa shape index (κ2) is 6.81. The number of H-pyrrole nitrogens is 1. The fourth-order valence-corrected chi connectivity index (χ4v) is 2.78. The van der Waals surface area contributed by atoms with Gasteiger partial charge in [0.25, 0.3) is 0 Å². The lowest BCUT2D eigenvalue weighted by molar-refractivity contribution is 0.126. The van der Waals surface area contributed by atoms with Crippen molar-refractivity contribution in [1.82, 2.24) is 15.2 Å². The quantitative estimate of drug-likeness (QED) is 0.734. The number of aromatic amines is 1. The number of thioether (sulfide) groups is 1. The zero-order valence-electron chi connectivity index (χ0n) is 11.3. The van der Waals surface area contributed by atoms with E-state index in [1.54, 1.807) is 0 Å². The average molecular weight is 370 g/mol. The van der Waals surface area contributed by atoms with Crippen LogP contribution in [0.2, 0.25) is 0 Å². The van der Waals surface area contributed by atoms with Gasteiger partial charge in [-0.15, -0.1) is 5.10 Å². The molecular formula is C14H16BrN3O2S. The van der Waals surface area contributed by atoms with Gasteiger partial charge in [-0.05, 0) is 37.1 Å². The SMILES string of the molecule is OC(COc1ccc(Br)cc1)CSc1n[nH]c(C2CC2)n1. The molecule has 0 saturated heterocycles. The third kappa shape index (κ3) is 4.46. The van der Waals surface area contributed by atoms with Crippen molar-refractivity contribution in [2.24, 2.45) is 0 Å². The van der Waals surface area contributed by atoms with E-state index in [1.165, 1.54) is 24.6 Å². The highest BCUT2D eigenvalue weighted by Crippen LogP contribution is 2.38. The van der Waals surface area contributed by atoms with Crippen molar-refractivity contribution in [3.05, 3.63) is 34.6 Å². The van der Waals surface area contributed by atoms with Crippen molar-refractivity contribution >= 4 is 27.7 Å². The molecule has 2 aromatic rings. The summed E-state index contributed by atoms with van der Waals surface area (Å²) >= 11 is 4.81. The van der Waals surface area contributed by atoms with E-state index >= 15 is 0 Å². The van der Waals surface area contributed by atoms with Gasteiger partial charge in [-0.2, -0.15) is 0 Å². The Bertz CT molecular complexity index is 586. The van der Waals surface area contributed by atoms with Gasteiger partial charge in [0.15, 0.2) is 0 Å². The fourth-order valence-electron chi connectivity index (χ4n) is 1.80. The number of aliphatic hydroxyl groups excluding tert-OH is 1. The number of aliphatic hydroxyl groups is 1. The summed E-state index contributed by atoms with van der Waals surface area (Å²) in [6.45, 7) is 0.258. The van der Waals surface area contributed by atoms with E-state index in [4.69, 9.17) is 4.74 Å². The zero-order chi connectivity index (χ0) is 14.7. The van der Waals surface area contributed by atoms with Crippen LogP contribution in [-0.4, -0.2) is 38.8 Å². The molecule has 1 aromatic heterocycles. The Morgan fingerprint density at radius 1 is 1.38 bits per heavy atom. The van der Waals surface area contributed by atoms with E-state index in [2.05, 4.69) is 31.1 Å². The Hall–Kier alpha value is -1.05. The van der Waals surface area contributed by atoms with Crippen molar-refractivity contribution in [2.45, 2.75) is 30.0 Å². The van der Waals surface area contributed by atoms with E-state index in [-0.39, 0.29) is 6.61 Å². The molecule has 2 N–H and O–H groups in total. The van der Waals surface area contributed by atoms with Gasteiger partial charge in [0.1, 0.15) is 18.2 Å². The zero-order valence-corrected chi connectivity index (χ0v) is 13.7. The van der Waals surface area contributed by atoms with Gasteiger partial charge in [-0.1, -0.05) is 27.7 Å². The molecule has 1 unspecified atom stereocenters. The molecule has 0 aliphatic heterocycles. The van der Waals surface area contributed by atoms with E-state index in [1.807, 2.05) is 24.3 Å². The van der Waals surface area contributed by atoms with Gasteiger partial charge in [0, 0.05) is 16.1 Å². The molecule has 1 atom stereocenters. The minimum Gasteiger partial charge on any atom is -0.491 e. The molecular weight excluding hydrogens is 354 g/mol. The Labute approximate surface area is 135 Å². The van der Waals surface area contributed by atoms with Gasteiger partial charge in [0.05, 0.1) is 6.10 Å². The van der Waals surface area contributed by atoms with Crippen molar-refractivity contribution in [3.63, 3.8) is 0 Å². The highest BCUT2D eigenvalue weighted by atomic mass is 79.9. The number of aromatic nitrogens is 3. The van der Waals surface area contributed by atoms with Crippen LogP contribution in [-0.2, 0) is 0 Å². The van der Waals surface area contributed by atoms with Crippen LogP contribution in [0.3, 0.4) is 0 Å². The van der Waals surface area contributed by atoms with Crippen molar-refractivity contribution in [3.8, 4) is 5.75 Å². The summed E-state index contributed by atoms with van der Waals surface area (Å²) in [4.78, 5) is 4.41. The van der Waals surface area contributed by atoms with Crippen LogP contribution >= 0.6 is 27.7 Å². The van der Waals surface area contributed by atoms with Crippen LogP contribution in [0.4, 0.5) is 0 Å². The van der Waals surface area contributed by atoms with Crippen LogP contribution < -0.4 is 4.74 Å². The molecule has 3 rings (SSSR count). The lowest BCUT2D eigenvalue weighted by atomic mass is 10.3. The first-order valence-electron chi connectivity index (χ1n) is 6.82. The normalized spacial score (nSPS) is 15.9. The van der Waals surface area contributed by atoms with Gasteiger partial charge >= 0.3 is 0 Å². The maximum absolute atomic E-state index is 9.93. The number of hydrogen-bond donors (Lipinski definition) is 2. The Morgan fingerprint density at radius 3 is 2.86 bits per heavy atom. The molecule has 0 amide bonds. The summed E-state index contributed by atoms with van der Waals surface area (Å²) < 4.78 is 6.53. The summed E-state index contributed by atoms with van der Waals surface area (Å²) in [5.41, 5.74) is 0. The van der Waals surface area contributed by atoms with Gasteiger partial charge in [-0.3, -0.25) is 5.10 Å². The van der Waals surface area contributed by atoms with Crippen LogP contribution in [0.25, 0.3) is 0 Å². The summed E-state index contributed by atoms with van der Waals surface area (Å²) in [5, 5.41) is 17.7. The molecule has 0 bridgehead atoms. The topological polar surface area (TPSA) is 71.0 Å². The molecule has 1 aromatic carbocycles. The third-order valence-corrected chi connectivity index (χ3v) is 4.63. The van der Waals surface area contributed by atoms with E-state index < -0.39 is 6.10 Å². The maximum atomic E-state index is 9.93. The molecule has 7 heteroatoms. The minimum absolute atomic E-state index is 0.258. The van der Waals surface area contributed by atoms with Gasteiger partial charge in [-0.25, -0.2) is 4.98 Å². The highest BCUT2D eigenvalue weighted by molar-refractivity contribution is 9.10. The predicted octanol–water partition coefficient (Wildman–Crippen LogP) is 2.98. The average Bonchev–Trinajstić information content (AvgIpc) is 3.23. The van der Waals surface area contributed by atoms with Crippen LogP contribution in [0, 0.1) is 0 Å². The minimum atomic E-state index is -0.554. The lowest BCUT2D eigenvalue weighted by Gasteiger charge is -2.11. The van der Waals surface area contributed by atoms with Gasteiger partial charge < -0.3 is 9.84 Å². The first kappa shape index (κ1) is 14.9. The largest absolute Gasteiger partial charge is 0.491 e. The van der Waals surface area contributed by atoms with Crippen molar-refractivity contribution < 1.29 is 9.84 Å². The molecule has 1 fully saturated rings. The molecule has 1 saturated carbocycles. The van der Waals surface area contributed by atoms with Crippen LogP contribution in [0.1, 0.15) is 24.6 Å². The van der Waals surface area contributed by atoms with Crippen LogP contribution in [0.15, 0.2) is 33.9 Å². The summed E-state index contributed by atoms with van der Waals surface area (Å²) in [7, 11) is 0. The Balaban J connectivity index is 1.41. The van der Waals surface area contributed by atoms with Crippen molar-refractivity contribution in [1.29, 1.82) is 0 Å². The maximum Gasteiger partial charge on any atom is 0.208 e.